The molecule has 2 rings (SSSR count). The molecule has 116 valence electrons. The number of aryl methyl sites for hydroxylation is 2. The Bertz CT molecular complexity index is 569. The molecule has 8 nitrogen and oxygen atoms in total. The summed E-state index contributed by atoms with van der Waals surface area (Å²) in [4.78, 5) is 24.0. The molecule has 0 saturated carbocycles. The van der Waals surface area contributed by atoms with Gasteiger partial charge in [0.1, 0.15) is 11.7 Å². The first kappa shape index (κ1) is 15.3. The Labute approximate surface area is 122 Å². The van der Waals surface area contributed by atoms with Gasteiger partial charge in [-0.15, -0.1) is 0 Å². The Morgan fingerprint density at radius 2 is 2.24 bits per heavy atom. The summed E-state index contributed by atoms with van der Waals surface area (Å²) in [5.41, 5.74) is 0.206. The minimum absolute atomic E-state index is 0.0984. The highest BCUT2D eigenvalue weighted by atomic mass is 16.6. The lowest BCUT2D eigenvalue weighted by atomic mass is 9.89. The van der Waals surface area contributed by atoms with E-state index in [1.165, 1.54) is 4.68 Å². The largest absolute Gasteiger partial charge is 0.480 e. The molecule has 2 heterocycles. The van der Waals surface area contributed by atoms with Gasteiger partial charge in [0.25, 0.3) is 0 Å². The number of carbonyl (C=O) groups is 1. The second-order valence-corrected chi connectivity index (χ2v) is 5.48. The number of carboxylic acids is 1. The Balaban J connectivity index is 2.45. The summed E-state index contributed by atoms with van der Waals surface area (Å²) in [7, 11) is 1.61. The van der Waals surface area contributed by atoms with E-state index in [1.54, 1.807) is 18.9 Å². The fourth-order valence-electron chi connectivity index (χ4n) is 3.07. The number of anilines is 1. The average Bonchev–Trinajstić information content (AvgIpc) is 2.72. The van der Waals surface area contributed by atoms with Gasteiger partial charge < -0.3 is 10.0 Å². The molecule has 21 heavy (non-hydrogen) atoms. The Hall–Kier alpha value is -2.12. The molecule has 2 unspecified atom stereocenters. The third kappa shape index (κ3) is 2.70. The Kier molecular flexibility index (Phi) is 4.15. The van der Waals surface area contributed by atoms with Crippen LogP contribution in [0.1, 0.15) is 31.9 Å². The number of nitro groups is 1. The summed E-state index contributed by atoms with van der Waals surface area (Å²) in [5.74, 6) is -0.309. The molecule has 1 aliphatic rings. The summed E-state index contributed by atoms with van der Waals surface area (Å²) in [6, 6.07) is -0.739. The van der Waals surface area contributed by atoms with Gasteiger partial charge in [0.2, 0.25) is 5.82 Å². The van der Waals surface area contributed by atoms with Crippen molar-refractivity contribution >= 4 is 17.5 Å². The van der Waals surface area contributed by atoms with Crippen LogP contribution in [0.25, 0.3) is 0 Å². The zero-order valence-electron chi connectivity index (χ0n) is 12.4. The number of hydrogen-bond donors (Lipinski definition) is 1. The second kappa shape index (κ2) is 5.71. The molecule has 2 atom stereocenters. The highest BCUT2D eigenvalue weighted by Gasteiger charge is 2.39. The van der Waals surface area contributed by atoms with E-state index in [2.05, 4.69) is 5.10 Å². The third-order valence-corrected chi connectivity index (χ3v) is 4.19. The van der Waals surface area contributed by atoms with Crippen molar-refractivity contribution in [2.24, 2.45) is 13.0 Å². The Morgan fingerprint density at radius 3 is 2.76 bits per heavy atom. The maximum atomic E-state index is 11.6. The maximum absolute atomic E-state index is 11.6. The molecule has 0 bridgehead atoms. The van der Waals surface area contributed by atoms with Gasteiger partial charge in [-0.1, -0.05) is 13.3 Å². The highest BCUT2D eigenvalue weighted by molar-refractivity contribution is 5.80. The van der Waals surface area contributed by atoms with Crippen molar-refractivity contribution < 1.29 is 14.8 Å². The number of carboxylic acid groups (broad SMARTS) is 1. The van der Waals surface area contributed by atoms with Gasteiger partial charge in [0.05, 0.1) is 4.92 Å². The minimum Gasteiger partial charge on any atom is -0.480 e. The van der Waals surface area contributed by atoms with Crippen LogP contribution < -0.4 is 4.90 Å². The molecule has 1 N–H and O–H groups in total. The van der Waals surface area contributed by atoms with Crippen molar-refractivity contribution in [3.63, 3.8) is 0 Å². The first-order valence-corrected chi connectivity index (χ1v) is 7.04. The number of nitrogens with zero attached hydrogens (tertiary/aromatic N) is 4. The van der Waals surface area contributed by atoms with E-state index in [0.717, 1.165) is 12.8 Å². The van der Waals surface area contributed by atoms with Crippen LogP contribution in [0.4, 0.5) is 11.5 Å². The third-order valence-electron chi connectivity index (χ3n) is 4.19. The van der Waals surface area contributed by atoms with Crippen LogP contribution in [0.3, 0.4) is 0 Å². The predicted molar refractivity (Wildman–Crippen MR) is 76.4 cm³/mol. The summed E-state index contributed by atoms with van der Waals surface area (Å²) in [6.45, 7) is 4.10. The molecular formula is C13H20N4O4. The molecule has 1 fully saturated rings. The number of piperidine rings is 1. The molecule has 1 aromatic heterocycles. The van der Waals surface area contributed by atoms with E-state index < -0.39 is 16.9 Å². The maximum Gasteiger partial charge on any atom is 0.333 e. The first-order chi connectivity index (χ1) is 9.86. The van der Waals surface area contributed by atoms with Crippen LogP contribution in [0.15, 0.2) is 0 Å². The lowest BCUT2D eigenvalue weighted by Crippen LogP contribution is -2.48. The molecule has 0 aromatic carbocycles. The lowest BCUT2D eigenvalue weighted by Gasteiger charge is -2.37. The van der Waals surface area contributed by atoms with E-state index in [4.69, 9.17) is 0 Å². The molecule has 8 heteroatoms. The van der Waals surface area contributed by atoms with Crippen molar-refractivity contribution in [3.05, 3.63) is 15.8 Å². The average molecular weight is 296 g/mol. The molecule has 0 aliphatic carbocycles. The van der Waals surface area contributed by atoms with Crippen LogP contribution in [-0.2, 0) is 11.8 Å². The minimum atomic E-state index is -0.943. The van der Waals surface area contributed by atoms with Crippen LogP contribution in [0.2, 0.25) is 0 Å². The van der Waals surface area contributed by atoms with Crippen molar-refractivity contribution in [1.82, 2.24) is 9.78 Å². The van der Waals surface area contributed by atoms with E-state index >= 15 is 0 Å². The quantitative estimate of drug-likeness (QED) is 0.670. The van der Waals surface area contributed by atoms with Gasteiger partial charge in [-0.25, -0.2) is 9.48 Å². The number of aromatic nitrogens is 2. The monoisotopic (exact) mass is 296 g/mol. The van der Waals surface area contributed by atoms with E-state index in [1.807, 2.05) is 6.92 Å². The SMILES string of the molecule is CCC1CCN(c2c([N+](=O)[O-])c(C)nn2C)C(C(=O)O)C1. The van der Waals surface area contributed by atoms with Gasteiger partial charge in [0, 0.05) is 13.6 Å². The van der Waals surface area contributed by atoms with Crippen LogP contribution in [0, 0.1) is 23.0 Å². The summed E-state index contributed by atoms with van der Waals surface area (Å²) in [5, 5.41) is 24.8. The van der Waals surface area contributed by atoms with Crippen LogP contribution in [-0.4, -0.2) is 38.4 Å². The molecule has 0 amide bonds. The smallest absolute Gasteiger partial charge is 0.333 e. The van der Waals surface area contributed by atoms with E-state index in [0.29, 0.717) is 30.4 Å². The van der Waals surface area contributed by atoms with Gasteiger partial charge in [-0.2, -0.15) is 5.10 Å². The topological polar surface area (TPSA) is 101 Å². The van der Waals surface area contributed by atoms with E-state index in [-0.39, 0.29) is 5.69 Å². The van der Waals surface area contributed by atoms with E-state index in [9.17, 15) is 20.0 Å². The number of hydrogen-bond acceptors (Lipinski definition) is 5. The molecular weight excluding hydrogens is 276 g/mol. The summed E-state index contributed by atoms with van der Waals surface area (Å²) in [6.07, 6.45) is 2.26. The summed E-state index contributed by atoms with van der Waals surface area (Å²) < 4.78 is 1.41. The normalized spacial score (nSPS) is 22.3. The van der Waals surface area contributed by atoms with Gasteiger partial charge in [0.15, 0.2) is 0 Å². The molecule has 1 saturated heterocycles. The molecule has 1 aliphatic heterocycles. The van der Waals surface area contributed by atoms with Gasteiger partial charge in [-0.05, 0) is 25.7 Å². The molecule has 0 radical (unpaired) electrons. The van der Waals surface area contributed by atoms with Crippen molar-refractivity contribution in [2.45, 2.75) is 39.2 Å². The molecule has 1 aromatic rings. The van der Waals surface area contributed by atoms with Crippen LogP contribution in [0.5, 0.6) is 0 Å². The number of rotatable bonds is 4. The highest BCUT2D eigenvalue weighted by Crippen LogP contribution is 2.36. The van der Waals surface area contributed by atoms with Gasteiger partial charge in [-0.3, -0.25) is 10.1 Å². The van der Waals surface area contributed by atoms with Crippen molar-refractivity contribution in [3.8, 4) is 0 Å². The van der Waals surface area contributed by atoms with Gasteiger partial charge >= 0.3 is 11.7 Å². The molecule has 0 spiro atoms. The standard InChI is InChI=1S/C13H20N4O4/c1-4-9-5-6-16(10(7-9)13(18)19)12-11(17(20)21)8(2)14-15(12)3/h9-10H,4-7H2,1-3H3,(H,18,19). The Morgan fingerprint density at radius 1 is 1.57 bits per heavy atom. The zero-order valence-corrected chi connectivity index (χ0v) is 12.4. The first-order valence-electron chi connectivity index (χ1n) is 7.04. The fourth-order valence-corrected chi connectivity index (χ4v) is 3.07. The predicted octanol–water partition coefficient (Wildman–Crippen LogP) is 1.72. The van der Waals surface area contributed by atoms with Crippen LogP contribution >= 0.6 is 0 Å². The fraction of sp³-hybridized carbons (Fsp3) is 0.692. The summed E-state index contributed by atoms with van der Waals surface area (Å²) >= 11 is 0. The second-order valence-electron chi connectivity index (χ2n) is 5.48. The number of aliphatic carboxylic acids is 1. The zero-order chi connectivity index (χ0) is 15.7. The van der Waals surface area contributed by atoms with Crippen molar-refractivity contribution in [2.75, 3.05) is 11.4 Å². The van der Waals surface area contributed by atoms with Crippen molar-refractivity contribution in [1.29, 1.82) is 0 Å². The lowest BCUT2D eigenvalue weighted by molar-refractivity contribution is -0.384.